The maximum Gasteiger partial charge on any atom is 0.126 e. The Bertz CT molecular complexity index is 847. The predicted molar refractivity (Wildman–Crippen MR) is 127 cm³/mol. The SMILES string of the molecule is CCN(CC)CCN(CC1CC1)C1(c2cc3cccc(OC)c3cc2C)CCCC1. The van der Waals surface area contributed by atoms with Crippen LogP contribution in [-0.2, 0) is 5.54 Å². The Hall–Kier alpha value is -1.58. The van der Waals surface area contributed by atoms with Crippen molar-refractivity contribution in [3.63, 3.8) is 0 Å². The lowest BCUT2D eigenvalue weighted by molar-refractivity contribution is 0.0711. The fourth-order valence-corrected chi connectivity index (χ4v) is 5.69. The first-order chi connectivity index (χ1) is 14.6. The predicted octanol–water partition coefficient (Wildman–Crippen LogP) is 5.98. The second-order valence-corrected chi connectivity index (χ2v) is 9.50. The van der Waals surface area contributed by atoms with E-state index in [4.69, 9.17) is 4.74 Å². The minimum atomic E-state index is 0.205. The Morgan fingerprint density at radius 3 is 2.40 bits per heavy atom. The van der Waals surface area contributed by atoms with Gasteiger partial charge in [0.25, 0.3) is 0 Å². The van der Waals surface area contributed by atoms with Gasteiger partial charge in [-0.25, -0.2) is 0 Å². The van der Waals surface area contributed by atoms with E-state index >= 15 is 0 Å². The summed E-state index contributed by atoms with van der Waals surface area (Å²) >= 11 is 0. The van der Waals surface area contributed by atoms with Crippen LogP contribution in [-0.4, -0.2) is 49.6 Å². The Labute approximate surface area is 183 Å². The van der Waals surface area contributed by atoms with Gasteiger partial charge in [0.1, 0.15) is 5.75 Å². The largest absolute Gasteiger partial charge is 0.496 e. The first-order valence-corrected chi connectivity index (χ1v) is 12.2. The van der Waals surface area contributed by atoms with E-state index in [0.717, 1.165) is 24.8 Å². The zero-order valence-corrected chi connectivity index (χ0v) is 19.5. The normalized spacial score (nSPS) is 18.6. The Balaban J connectivity index is 1.73. The Morgan fingerprint density at radius 2 is 1.77 bits per heavy atom. The van der Waals surface area contributed by atoms with Crippen LogP contribution in [0.5, 0.6) is 5.75 Å². The molecule has 0 bridgehead atoms. The highest BCUT2D eigenvalue weighted by atomic mass is 16.5. The van der Waals surface area contributed by atoms with E-state index < -0.39 is 0 Å². The standard InChI is InChI=1S/C27H40N2O/c1-5-28(6-2)16-17-29(20-22-12-13-22)27(14-7-8-15-27)25-19-23-10-9-11-26(30-4)24(23)18-21(25)3/h9-11,18-19,22H,5-8,12-17,20H2,1-4H3. The van der Waals surface area contributed by atoms with Crippen molar-refractivity contribution in [3.05, 3.63) is 41.5 Å². The number of fused-ring (bicyclic) bond motifs is 1. The van der Waals surface area contributed by atoms with Crippen LogP contribution < -0.4 is 4.74 Å². The van der Waals surface area contributed by atoms with Gasteiger partial charge in [0, 0.05) is 30.6 Å². The summed E-state index contributed by atoms with van der Waals surface area (Å²) in [7, 11) is 1.78. The Kier molecular flexibility index (Phi) is 6.69. The van der Waals surface area contributed by atoms with Gasteiger partial charge >= 0.3 is 0 Å². The van der Waals surface area contributed by atoms with Crippen molar-refractivity contribution in [1.82, 2.24) is 9.80 Å². The number of hydrogen-bond acceptors (Lipinski definition) is 3. The number of hydrogen-bond donors (Lipinski definition) is 0. The van der Waals surface area contributed by atoms with Crippen LogP contribution in [0, 0.1) is 12.8 Å². The van der Waals surface area contributed by atoms with Gasteiger partial charge in [0.15, 0.2) is 0 Å². The summed E-state index contributed by atoms with van der Waals surface area (Å²) in [5, 5.41) is 2.56. The minimum absolute atomic E-state index is 0.205. The van der Waals surface area contributed by atoms with Gasteiger partial charge in [0.05, 0.1) is 7.11 Å². The summed E-state index contributed by atoms with van der Waals surface area (Å²) in [6.07, 6.45) is 8.14. The van der Waals surface area contributed by atoms with Crippen LogP contribution in [0.1, 0.15) is 63.5 Å². The number of rotatable bonds is 10. The van der Waals surface area contributed by atoms with Crippen molar-refractivity contribution in [3.8, 4) is 5.75 Å². The molecule has 0 saturated heterocycles. The van der Waals surface area contributed by atoms with Crippen molar-refractivity contribution in [2.75, 3.05) is 39.8 Å². The van der Waals surface area contributed by atoms with Crippen LogP contribution in [0.4, 0.5) is 0 Å². The third kappa shape index (κ3) is 4.24. The van der Waals surface area contributed by atoms with Crippen molar-refractivity contribution in [2.45, 2.75) is 64.8 Å². The molecule has 2 aromatic rings. The smallest absolute Gasteiger partial charge is 0.126 e. The van der Waals surface area contributed by atoms with Gasteiger partial charge in [-0.1, -0.05) is 38.8 Å². The van der Waals surface area contributed by atoms with Gasteiger partial charge in [-0.2, -0.15) is 0 Å². The number of aryl methyl sites for hydroxylation is 1. The van der Waals surface area contributed by atoms with Crippen LogP contribution in [0.25, 0.3) is 10.8 Å². The lowest BCUT2D eigenvalue weighted by Gasteiger charge is -2.44. The second-order valence-electron chi connectivity index (χ2n) is 9.50. The molecule has 0 unspecified atom stereocenters. The molecule has 4 rings (SSSR count). The van der Waals surface area contributed by atoms with E-state index in [1.54, 1.807) is 12.7 Å². The average molecular weight is 409 g/mol. The maximum absolute atomic E-state index is 5.65. The van der Waals surface area contributed by atoms with Crippen LogP contribution >= 0.6 is 0 Å². The zero-order valence-electron chi connectivity index (χ0n) is 19.5. The maximum atomic E-state index is 5.65. The highest BCUT2D eigenvalue weighted by molar-refractivity contribution is 5.90. The van der Waals surface area contributed by atoms with E-state index in [2.05, 4.69) is 60.9 Å². The van der Waals surface area contributed by atoms with E-state index in [-0.39, 0.29) is 5.54 Å². The van der Waals surface area contributed by atoms with Crippen LogP contribution in [0.15, 0.2) is 30.3 Å². The quantitative estimate of drug-likeness (QED) is 0.481. The fourth-order valence-electron chi connectivity index (χ4n) is 5.69. The van der Waals surface area contributed by atoms with Crippen molar-refractivity contribution >= 4 is 10.8 Å². The zero-order chi connectivity index (χ0) is 21.1. The summed E-state index contributed by atoms with van der Waals surface area (Å²) in [5.41, 5.74) is 3.20. The van der Waals surface area contributed by atoms with Gasteiger partial charge in [-0.3, -0.25) is 4.90 Å². The van der Waals surface area contributed by atoms with Crippen molar-refractivity contribution in [1.29, 1.82) is 0 Å². The number of likely N-dealkylation sites (N-methyl/N-ethyl adjacent to an activating group) is 1. The molecule has 0 aromatic heterocycles. The molecular formula is C27H40N2O. The summed E-state index contributed by atoms with van der Waals surface area (Å²) in [5.74, 6) is 1.90. The molecule has 2 aliphatic rings. The van der Waals surface area contributed by atoms with Crippen LogP contribution in [0.3, 0.4) is 0 Å². The molecule has 2 aromatic carbocycles. The molecule has 0 aliphatic heterocycles. The summed E-state index contributed by atoms with van der Waals surface area (Å²) < 4.78 is 5.65. The molecular weight excluding hydrogens is 368 g/mol. The van der Waals surface area contributed by atoms with Gasteiger partial charge in [-0.15, -0.1) is 0 Å². The van der Waals surface area contributed by atoms with Gasteiger partial charge in [0.2, 0.25) is 0 Å². The highest BCUT2D eigenvalue weighted by Gasteiger charge is 2.43. The van der Waals surface area contributed by atoms with E-state index in [9.17, 15) is 0 Å². The first-order valence-electron chi connectivity index (χ1n) is 12.2. The molecule has 2 saturated carbocycles. The molecule has 0 spiro atoms. The highest BCUT2D eigenvalue weighted by Crippen LogP contribution is 2.48. The molecule has 0 N–H and O–H groups in total. The van der Waals surface area contributed by atoms with Crippen molar-refractivity contribution in [2.24, 2.45) is 5.92 Å². The summed E-state index contributed by atoms with van der Waals surface area (Å²) in [6.45, 7) is 12.8. The lowest BCUT2D eigenvalue weighted by Crippen LogP contribution is -2.49. The minimum Gasteiger partial charge on any atom is -0.496 e. The van der Waals surface area contributed by atoms with E-state index in [1.165, 1.54) is 74.5 Å². The number of ether oxygens (including phenoxy) is 1. The first kappa shape index (κ1) is 21.6. The van der Waals surface area contributed by atoms with Gasteiger partial charge < -0.3 is 9.64 Å². The van der Waals surface area contributed by atoms with E-state index in [0.29, 0.717) is 0 Å². The molecule has 164 valence electrons. The molecule has 0 amide bonds. The molecule has 3 nitrogen and oxygen atoms in total. The molecule has 2 fully saturated rings. The summed E-state index contributed by atoms with van der Waals surface area (Å²) in [6, 6.07) is 11.3. The lowest BCUT2D eigenvalue weighted by atomic mass is 9.81. The third-order valence-corrected chi connectivity index (χ3v) is 7.70. The molecule has 0 heterocycles. The summed E-state index contributed by atoms with van der Waals surface area (Å²) in [4.78, 5) is 5.49. The molecule has 0 radical (unpaired) electrons. The van der Waals surface area contributed by atoms with Crippen molar-refractivity contribution < 1.29 is 4.74 Å². The third-order valence-electron chi connectivity index (χ3n) is 7.70. The molecule has 2 aliphatic carbocycles. The van der Waals surface area contributed by atoms with E-state index in [1.807, 2.05) is 0 Å². The number of benzene rings is 2. The van der Waals surface area contributed by atoms with Gasteiger partial charge in [-0.05, 0) is 86.3 Å². The topological polar surface area (TPSA) is 15.7 Å². The number of methoxy groups -OCH3 is 1. The molecule has 3 heteroatoms. The monoisotopic (exact) mass is 408 g/mol. The second kappa shape index (κ2) is 9.28. The van der Waals surface area contributed by atoms with Crippen LogP contribution in [0.2, 0.25) is 0 Å². The molecule has 0 atom stereocenters. The molecule has 30 heavy (non-hydrogen) atoms. The Morgan fingerprint density at radius 1 is 1.03 bits per heavy atom. The number of nitrogens with zero attached hydrogens (tertiary/aromatic N) is 2. The average Bonchev–Trinajstić information content (AvgIpc) is 3.45. The fraction of sp³-hybridized carbons (Fsp3) is 0.630.